The van der Waals surface area contributed by atoms with Gasteiger partial charge in [0.15, 0.2) is 5.96 Å². The molecule has 170 valence electrons. The van der Waals surface area contributed by atoms with E-state index in [1.165, 1.54) is 22.6 Å². The quantitative estimate of drug-likeness (QED) is 0.498. The van der Waals surface area contributed by atoms with Crippen LogP contribution in [0.2, 0.25) is 0 Å². The van der Waals surface area contributed by atoms with Crippen molar-refractivity contribution in [3.63, 3.8) is 0 Å². The van der Waals surface area contributed by atoms with Crippen LogP contribution in [0.1, 0.15) is 37.1 Å². The van der Waals surface area contributed by atoms with Crippen molar-refractivity contribution in [1.29, 1.82) is 0 Å². The Kier molecular flexibility index (Phi) is 8.42. The molecule has 2 saturated heterocycles. The summed E-state index contributed by atoms with van der Waals surface area (Å²) in [6, 6.07) is 4.75. The number of alkyl halides is 3. The van der Waals surface area contributed by atoms with Crippen molar-refractivity contribution in [1.82, 2.24) is 20.4 Å². The number of likely N-dealkylation sites (tertiary alicyclic amines) is 2. The second-order valence-electron chi connectivity index (χ2n) is 8.45. The summed E-state index contributed by atoms with van der Waals surface area (Å²) < 4.78 is 37.8. The van der Waals surface area contributed by atoms with Crippen molar-refractivity contribution in [2.45, 2.75) is 38.4 Å². The Morgan fingerprint density at radius 2 is 2.10 bits per heavy atom. The van der Waals surface area contributed by atoms with Crippen LogP contribution >= 0.6 is 11.3 Å². The average Bonchev–Trinajstić information content (AvgIpc) is 3.35. The van der Waals surface area contributed by atoms with Crippen molar-refractivity contribution in [2.24, 2.45) is 16.8 Å². The van der Waals surface area contributed by atoms with Gasteiger partial charge in [0.1, 0.15) is 0 Å². The van der Waals surface area contributed by atoms with Crippen LogP contribution in [0.4, 0.5) is 13.2 Å². The standard InChI is InChI=1S/C21H34F3N5S/c1-3-25-20(26-12-16-8-10-29(14-16)15-21(22,23)24)27-13-17-6-4-9-28(2)19(17)18-7-5-11-30-18/h5,7,11,16-17,19H,3-4,6,8-10,12-15H2,1-2H3,(H2,25,26,27). The molecule has 0 bridgehead atoms. The first kappa shape index (κ1) is 23.3. The number of nitrogens with one attached hydrogen (secondary N) is 2. The van der Waals surface area contributed by atoms with Gasteiger partial charge in [0.25, 0.3) is 0 Å². The van der Waals surface area contributed by atoms with E-state index in [1.807, 2.05) is 18.3 Å². The molecule has 0 amide bonds. The minimum absolute atomic E-state index is 0.183. The lowest BCUT2D eigenvalue weighted by molar-refractivity contribution is -0.143. The summed E-state index contributed by atoms with van der Waals surface area (Å²) in [5, 5.41) is 8.93. The van der Waals surface area contributed by atoms with Crippen LogP contribution in [0.3, 0.4) is 0 Å². The molecule has 0 aliphatic carbocycles. The fourth-order valence-corrected chi connectivity index (χ4v) is 5.61. The van der Waals surface area contributed by atoms with Gasteiger partial charge in [0.2, 0.25) is 0 Å². The molecule has 0 saturated carbocycles. The SMILES string of the molecule is CCNC(=NCC1CCN(CC(F)(F)F)C1)NCC1CCCN(C)C1c1cccs1. The summed E-state index contributed by atoms with van der Waals surface area (Å²) in [6.07, 6.45) is -0.988. The summed E-state index contributed by atoms with van der Waals surface area (Å²) in [6.45, 7) is 5.45. The molecular formula is C21H34F3N5S. The van der Waals surface area contributed by atoms with E-state index in [0.717, 1.165) is 32.0 Å². The van der Waals surface area contributed by atoms with Gasteiger partial charge in [0.05, 0.1) is 6.54 Å². The highest BCUT2D eigenvalue weighted by Crippen LogP contribution is 2.36. The molecule has 9 heteroatoms. The van der Waals surface area contributed by atoms with E-state index in [0.29, 0.717) is 31.6 Å². The number of hydrogen-bond acceptors (Lipinski definition) is 4. The first-order valence-corrected chi connectivity index (χ1v) is 11.8. The van der Waals surface area contributed by atoms with Crippen LogP contribution in [0.5, 0.6) is 0 Å². The summed E-state index contributed by atoms with van der Waals surface area (Å²) in [5.41, 5.74) is 0. The van der Waals surface area contributed by atoms with Gasteiger partial charge in [-0.1, -0.05) is 6.07 Å². The number of aliphatic imine (C=N–C) groups is 1. The molecule has 0 aromatic carbocycles. The smallest absolute Gasteiger partial charge is 0.357 e. The molecule has 0 radical (unpaired) electrons. The Morgan fingerprint density at radius 3 is 2.80 bits per heavy atom. The number of halogens is 3. The Labute approximate surface area is 181 Å². The van der Waals surface area contributed by atoms with Crippen LogP contribution < -0.4 is 10.6 Å². The zero-order chi connectivity index (χ0) is 21.6. The molecule has 3 rings (SSSR count). The first-order valence-electron chi connectivity index (χ1n) is 10.9. The van der Waals surface area contributed by atoms with E-state index in [1.54, 1.807) is 0 Å². The molecule has 2 fully saturated rings. The van der Waals surface area contributed by atoms with Gasteiger partial charge in [-0.3, -0.25) is 14.8 Å². The van der Waals surface area contributed by atoms with Gasteiger partial charge in [-0.15, -0.1) is 11.3 Å². The van der Waals surface area contributed by atoms with E-state index in [9.17, 15) is 13.2 Å². The third-order valence-corrected chi connectivity index (χ3v) is 6.94. The van der Waals surface area contributed by atoms with Crippen LogP contribution in [0, 0.1) is 11.8 Å². The lowest BCUT2D eigenvalue weighted by Gasteiger charge is -2.39. The molecule has 2 aliphatic heterocycles. The zero-order valence-corrected chi connectivity index (χ0v) is 18.7. The molecule has 2 aliphatic rings. The lowest BCUT2D eigenvalue weighted by Crippen LogP contribution is -2.45. The van der Waals surface area contributed by atoms with Gasteiger partial charge >= 0.3 is 6.18 Å². The highest BCUT2D eigenvalue weighted by Gasteiger charge is 2.34. The zero-order valence-electron chi connectivity index (χ0n) is 17.9. The van der Waals surface area contributed by atoms with E-state index in [2.05, 4.69) is 40.1 Å². The van der Waals surface area contributed by atoms with Gasteiger partial charge in [-0.05, 0) is 69.6 Å². The van der Waals surface area contributed by atoms with Gasteiger partial charge < -0.3 is 10.6 Å². The van der Waals surface area contributed by atoms with Gasteiger partial charge in [-0.2, -0.15) is 13.2 Å². The third kappa shape index (κ3) is 6.85. The summed E-state index contributed by atoms with van der Waals surface area (Å²) in [4.78, 5) is 10.0. The molecule has 3 unspecified atom stereocenters. The van der Waals surface area contributed by atoms with E-state index >= 15 is 0 Å². The maximum atomic E-state index is 12.6. The molecule has 30 heavy (non-hydrogen) atoms. The average molecular weight is 446 g/mol. The van der Waals surface area contributed by atoms with Gasteiger partial charge in [0, 0.05) is 37.1 Å². The van der Waals surface area contributed by atoms with Crippen molar-refractivity contribution < 1.29 is 13.2 Å². The summed E-state index contributed by atoms with van der Waals surface area (Å²) >= 11 is 1.81. The molecule has 3 atom stereocenters. The van der Waals surface area contributed by atoms with Crippen molar-refractivity contribution >= 4 is 17.3 Å². The van der Waals surface area contributed by atoms with Gasteiger partial charge in [-0.25, -0.2) is 0 Å². The number of rotatable bonds is 7. The minimum Gasteiger partial charge on any atom is -0.357 e. The monoisotopic (exact) mass is 445 g/mol. The van der Waals surface area contributed by atoms with Crippen LogP contribution in [-0.2, 0) is 0 Å². The Bertz CT molecular complexity index is 664. The first-order chi connectivity index (χ1) is 14.4. The molecular weight excluding hydrogens is 411 g/mol. The molecule has 3 heterocycles. The molecule has 0 spiro atoms. The van der Waals surface area contributed by atoms with Crippen molar-refractivity contribution in [3.8, 4) is 0 Å². The van der Waals surface area contributed by atoms with E-state index in [-0.39, 0.29) is 5.92 Å². The fourth-order valence-electron chi connectivity index (χ4n) is 4.63. The topological polar surface area (TPSA) is 42.9 Å². The molecule has 5 nitrogen and oxygen atoms in total. The normalized spacial score (nSPS) is 26.8. The fraction of sp³-hybridized carbons (Fsp3) is 0.762. The van der Waals surface area contributed by atoms with Crippen LogP contribution in [0.15, 0.2) is 22.5 Å². The Balaban J connectivity index is 1.53. The van der Waals surface area contributed by atoms with Crippen LogP contribution in [-0.4, -0.2) is 74.8 Å². The second-order valence-corrected chi connectivity index (χ2v) is 9.43. The minimum atomic E-state index is -4.12. The largest absolute Gasteiger partial charge is 0.401 e. The lowest BCUT2D eigenvalue weighted by atomic mass is 9.88. The number of guanidine groups is 1. The second kappa shape index (κ2) is 10.8. The highest BCUT2D eigenvalue weighted by molar-refractivity contribution is 7.10. The Hall–Kier alpha value is -1.32. The number of thiophene rings is 1. The number of piperidine rings is 1. The van der Waals surface area contributed by atoms with E-state index < -0.39 is 12.7 Å². The number of nitrogens with zero attached hydrogens (tertiary/aromatic N) is 3. The Morgan fingerprint density at radius 1 is 1.27 bits per heavy atom. The highest BCUT2D eigenvalue weighted by atomic mass is 32.1. The maximum Gasteiger partial charge on any atom is 0.401 e. The predicted octanol–water partition coefficient (Wildman–Crippen LogP) is 3.57. The van der Waals surface area contributed by atoms with E-state index in [4.69, 9.17) is 4.99 Å². The molecule has 1 aromatic heterocycles. The predicted molar refractivity (Wildman–Crippen MR) is 117 cm³/mol. The van der Waals surface area contributed by atoms with Crippen molar-refractivity contribution in [2.75, 3.05) is 52.9 Å². The third-order valence-electron chi connectivity index (χ3n) is 6.00. The molecule has 2 N–H and O–H groups in total. The van der Waals surface area contributed by atoms with Crippen LogP contribution in [0.25, 0.3) is 0 Å². The summed E-state index contributed by atoms with van der Waals surface area (Å²) in [5.74, 6) is 1.45. The molecule has 1 aromatic rings. The van der Waals surface area contributed by atoms with Crippen molar-refractivity contribution in [3.05, 3.63) is 22.4 Å². The number of hydrogen-bond donors (Lipinski definition) is 2. The summed E-state index contributed by atoms with van der Waals surface area (Å²) in [7, 11) is 2.20. The maximum absolute atomic E-state index is 12.6.